The van der Waals surface area contributed by atoms with Crippen LogP contribution in [0.5, 0.6) is 0 Å². The summed E-state index contributed by atoms with van der Waals surface area (Å²) in [6, 6.07) is 0.181. The molecule has 2 atom stereocenters. The fourth-order valence-corrected chi connectivity index (χ4v) is 1.58. The maximum Gasteiger partial charge on any atom is 0.240 e. The summed E-state index contributed by atoms with van der Waals surface area (Å²) in [5, 5.41) is 3.11. The van der Waals surface area contributed by atoms with Crippen molar-refractivity contribution in [3.8, 4) is 0 Å². The first kappa shape index (κ1) is 10.5. The van der Waals surface area contributed by atoms with E-state index in [1.807, 2.05) is 11.8 Å². The van der Waals surface area contributed by atoms with Crippen LogP contribution in [0.25, 0.3) is 0 Å². The van der Waals surface area contributed by atoms with Crippen LogP contribution in [0.4, 0.5) is 0 Å². The van der Waals surface area contributed by atoms with Crippen LogP contribution in [0, 0.1) is 0 Å². The van der Waals surface area contributed by atoms with Crippen molar-refractivity contribution < 1.29 is 9.53 Å². The molecule has 0 radical (unpaired) electrons. The second kappa shape index (κ2) is 4.58. The summed E-state index contributed by atoms with van der Waals surface area (Å²) in [4.78, 5) is 13.4. The van der Waals surface area contributed by atoms with Crippen molar-refractivity contribution in [2.75, 3.05) is 20.4 Å². The molecule has 1 fully saturated rings. The third-order valence-electron chi connectivity index (χ3n) is 2.49. The Balaban J connectivity index is 2.54. The SMILES string of the molecule is CCC(COC)N1CNC(C)C1=O. The molecule has 0 aromatic heterocycles. The summed E-state index contributed by atoms with van der Waals surface area (Å²) in [6.45, 7) is 5.24. The highest BCUT2D eigenvalue weighted by Crippen LogP contribution is 2.10. The van der Waals surface area contributed by atoms with Gasteiger partial charge in [-0.1, -0.05) is 6.92 Å². The van der Waals surface area contributed by atoms with Crippen LogP contribution in [-0.2, 0) is 9.53 Å². The average Bonchev–Trinajstić information content (AvgIpc) is 2.45. The van der Waals surface area contributed by atoms with Crippen molar-refractivity contribution in [3.63, 3.8) is 0 Å². The minimum absolute atomic E-state index is 0.0362. The van der Waals surface area contributed by atoms with Crippen molar-refractivity contribution in [1.29, 1.82) is 0 Å². The number of nitrogens with zero attached hydrogens (tertiary/aromatic N) is 1. The lowest BCUT2D eigenvalue weighted by atomic mass is 10.2. The molecular weight excluding hydrogens is 168 g/mol. The molecule has 1 heterocycles. The van der Waals surface area contributed by atoms with Crippen LogP contribution in [0.1, 0.15) is 20.3 Å². The lowest BCUT2D eigenvalue weighted by Gasteiger charge is -2.25. The van der Waals surface area contributed by atoms with Gasteiger partial charge >= 0.3 is 0 Å². The van der Waals surface area contributed by atoms with E-state index < -0.39 is 0 Å². The molecule has 0 bridgehead atoms. The normalized spacial score (nSPS) is 25.3. The van der Waals surface area contributed by atoms with Gasteiger partial charge in [-0.05, 0) is 13.3 Å². The second-order valence-electron chi connectivity index (χ2n) is 3.41. The first-order valence-electron chi connectivity index (χ1n) is 4.73. The van der Waals surface area contributed by atoms with Gasteiger partial charge in [0.2, 0.25) is 5.91 Å². The topological polar surface area (TPSA) is 41.6 Å². The Morgan fingerprint density at radius 2 is 2.46 bits per heavy atom. The Hall–Kier alpha value is -0.610. The van der Waals surface area contributed by atoms with Gasteiger partial charge in [-0.15, -0.1) is 0 Å². The summed E-state index contributed by atoms with van der Waals surface area (Å²) in [7, 11) is 1.67. The second-order valence-corrected chi connectivity index (χ2v) is 3.41. The molecule has 1 amide bonds. The molecule has 4 heteroatoms. The van der Waals surface area contributed by atoms with Crippen molar-refractivity contribution in [2.45, 2.75) is 32.4 Å². The zero-order valence-corrected chi connectivity index (χ0v) is 8.54. The van der Waals surface area contributed by atoms with Crippen molar-refractivity contribution in [1.82, 2.24) is 10.2 Å². The average molecular weight is 186 g/mol. The zero-order chi connectivity index (χ0) is 9.84. The predicted molar refractivity (Wildman–Crippen MR) is 50.3 cm³/mol. The number of rotatable bonds is 4. The number of ether oxygens (including phenoxy) is 1. The van der Waals surface area contributed by atoms with Gasteiger partial charge in [0.25, 0.3) is 0 Å². The summed E-state index contributed by atoms with van der Waals surface area (Å²) >= 11 is 0. The Kier molecular flexibility index (Phi) is 3.69. The van der Waals surface area contributed by atoms with Gasteiger partial charge in [-0.25, -0.2) is 0 Å². The number of nitrogens with one attached hydrogen (secondary N) is 1. The number of carbonyl (C=O) groups is 1. The lowest BCUT2D eigenvalue weighted by Crippen LogP contribution is -2.40. The maximum absolute atomic E-state index is 11.6. The van der Waals surface area contributed by atoms with Crippen molar-refractivity contribution in [2.24, 2.45) is 0 Å². The van der Waals surface area contributed by atoms with Gasteiger partial charge < -0.3 is 9.64 Å². The van der Waals surface area contributed by atoms with E-state index in [9.17, 15) is 4.79 Å². The van der Waals surface area contributed by atoms with Gasteiger partial charge in [0.05, 0.1) is 25.4 Å². The molecule has 0 aliphatic carbocycles. The largest absolute Gasteiger partial charge is 0.383 e. The van der Waals surface area contributed by atoms with Gasteiger partial charge in [0, 0.05) is 7.11 Å². The summed E-state index contributed by atoms with van der Waals surface area (Å²) in [5.41, 5.74) is 0. The van der Waals surface area contributed by atoms with E-state index in [1.165, 1.54) is 0 Å². The van der Waals surface area contributed by atoms with Gasteiger partial charge in [-0.3, -0.25) is 10.1 Å². The number of amides is 1. The molecule has 2 unspecified atom stereocenters. The van der Waals surface area contributed by atoms with Gasteiger partial charge in [0.1, 0.15) is 0 Å². The smallest absolute Gasteiger partial charge is 0.240 e. The Morgan fingerprint density at radius 1 is 1.77 bits per heavy atom. The van der Waals surface area contributed by atoms with E-state index in [0.717, 1.165) is 6.42 Å². The molecule has 76 valence electrons. The minimum Gasteiger partial charge on any atom is -0.383 e. The highest BCUT2D eigenvalue weighted by atomic mass is 16.5. The molecule has 1 saturated heterocycles. The van der Waals surface area contributed by atoms with E-state index >= 15 is 0 Å². The molecule has 13 heavy (non-hydrogen) atoms. The minimum atomic E-state index is -0.0362. The van der Waals surface area contributed by atoms with E-state index in [4.69, 9.17) is 4.74 Å². The third kappa shape index (κ3) is 2.19. The van der Waals surface area contributed by atoms with Crippen molar-refractivity contribution >= 4 is 5.91 Å². The lowest BCUT2D eigenvalue weighted by molar-refractivity contribution is -0.131. The molecule has 1 rings (SSSR count). The first-order valence-corrected chi connectivity index (χ1v) is 4.73. The standard InChI is InChI=1S/C9H18N2O2/c1-4-8(5-13-3)11-6-10-7(2)9(11)12/h7-8,10H,4-6H2,1-3H3. The van der Waals surface area contributed by atoms with E-state index in [2.05, 4.69) is 12.2 Å². The van der Waals surface area contributed by atoms with E-state index in [-0.39, 0.29) is 18.0 Å². The number of methoxy groups -OCH3 is 1. The molecule has 1 aliphatic rings. The van der Waals surface area contributed by atoms with E-state index in [1.54, 1.807) is 7.11 Å². The number of carbonyl (C=O) groups excluding carboxylic acids is 1. The molecule has 0 aromatic carbocycles. The van der Waals surface area contributed by atoms with Crippen molar-refractivity contribution in [3.05, 3.63) is 0 Å². The predicted octanol–water partition coefficient (Wildman–Crippen LogP) is 0.189. The summed E-state index contributed by atoms with van der Waals surface area (Å²) < 4.78 is 5.07. The fraction of sp³-hybridized carbons (Fsp3) is 0.889. The molecule has 0 spiro atoms. The molecule has 1 N–H and O–H groups in total. The number of hydrogen-bond acceptors (Lipinski definition) is 3. The molecular formula is C9H18N2O2. The first-order chi connectivity index (χ1) is 6.20. The quantitative estimate of drug-likeness (QED) is 0.681. The molecule has 0 saturated carbocycles. The summed E-state index contributed by atoms with van der Waals surface area (Å²) in [6.07, 6.45) is 0.938. The Bertz CT molecular complexity index is 184. The zero-order valence-electron chi connectivity index (χ0n) is 8.54. The molecule has 1 aliphatic heterocycles. The monoisotopic (exact) mass is 186 g/mol. The van der Waals surface area contributed by atoms with E-state index in [0.29, 0.717) is 13.3 Å². The van der Waals surface area contributed by atoms with Crippen LogP contribution in [0.15, 0.2) is 0 Å². The molecule has 0 aromatic rings. The highest BCUT2D eigenvalue weighted by molar-refractivity contribution is 5.83. The van der Waals surface area contributed by atoms with Crippen LogP contribution in [0.3, 0.4) is 0 Å². The highest BCUT2D eigenvalue weighted by Gasteiger charge is 2.31. The maximum atomic E-state index is 11.6. The van der Waals surface area contributed by atoms with Crippen LogP contribution in [-0.4, -0.2) is 43.3 Å². The van der Waals surface area contributed by atoms with Crippen LogP contribution in [0.2, 0.25) is 0 Å². The Morgan fingerprint density at radius 3 is 2.85 bits per heavy atom. The van der Waals surface area contributed by atoms with Crippen LogP contribution < -0.4 is 5.32 Å². The Labute approximate surface area is 79.2 Å². The fourth-order valence-electron chi connectivity index (χ4n) is 1.58. The van der Waals surface area contributed by atoms with Gasteiger partial charge in [0.15, 0.2) is 0 Å². The summed E-state index contributed by atoms with van der Waals surface area (Å²) in [5.74, 6) is 0.184. The molecule has 4 nitrogen and oxygen atoms in total. The van der Waals surface area contributed by atoms with Crippen LogP contribution >= 0.6 is 0 Å². The third-order valence-corrected chi connectivity index (χ3v) is 2.49. The van der Waals surface area contributed by atoms with Gasteiger partial charge in [-0.2, -0.15) is 0 Å². The number of hydrogen-bond donors (Lipinski definition) is 1.